The van der Waals surface area contributed by atoms with E-state index in [2.05, 4.69) is 10.3 Å². The molecule has 1 atom stereocenters. The third kappa shape index (κ3) is 2.75. The van der Waals surface area contributed by atoms with Gasteiger partial charge in [0.2, 0.25) is 0 Å². The van der Waals surface area contributed by atoms with E-state index in [4.69, 9.17) is 11.6 Å². The number of halogens is 1. The number of hydrogen-bond donors (Lipinski definition) is 1. The van der Waals surface area contributed by atoms with Crippen molar-refractivity contribution in [1.82, 2.24) is 14.7 Å². The number of fused-ring (bicyclic) bond motifs is 1. The zero-order valence-electron chi connectivity index (χ0n) is 11.6. The minimum absolute atomic E-state index is 0.0247. The molecule has 0 unspecified atom stereocenters. The van der Waals surface area contributed by atoms with Crippen LogP contribution in [0.5, 0.6) is 0 Å². The van der Waals surface area contributed by atoms with E-state index in [1.54, 1.807) is 23.7 Å². The first-order valence-corrected chi connectivity index (χ1v) is 7.83. The summed E-state index contributed by atoms with van der Waals surface area (Å²) in [5, 5.41) is 5.18. The molecule has 2 heterocycles. The predicted octanol–water partition coefficient (Wildman–Crippen LogP) is 2.90. The van der Waals surface area contributed by atoms with Crippen LogP contribution < -0.4 is 10.9 Å². The van der Waals surface area contributed by atoms with Gasteiger partial charge in [-0.2, -0.15) is 0 Å². The third-order valence-electron chi connectivity index (χ3n) is 3.30. The second-order valence-electron chi connectivity index (χ2n) is 4.78. The van der Waals surface area contributed by atoms with Crippen molar-refractivity contribution in [3.8, 4) is 0 Å². The van der Waals surface area contributed by atoms with Crippen LogP contribution in [0.25, 0.3) is 4.96 Å². The number of hydrogen-bond acceptors (Lipinski definition) is 4. The Bertz CT molecular complexity index is 886. The van der Waals surface area contributed by atoms with Crippen LogP contribution in [0.2, 0.25) is 5.02 Å². The molecule has 3 aromatic rings. The van der Waals surface area contributed by atoms with Crippen molar-refractivity contribution in [3.05, 3.63) is 68.5 Å². The van der Waals surface area contributed by atoms with E-state index in [0.29, 0.717) is 9.98 Å². The molecule has 3 rings (SSSR count). The molecular weight excluding hydrogens is 322 g/mol. The van der Waals surface area contributed by atoms with Crippen LogP contribution in [0, 0.1) is 0 Å². The average molecular weight is 334 g/mol. The Labute approximate surface area is 135 Å². The van der Waals surface area contributed by atoms with Gasteiger partial charge in [0, 0.05) is 22.8 Å². The third-order valence-corrected chi connectivity index (χ3v) is 4.33. The highest BCUT2D eigenvalue weighted by Crippen LogP contribution is 2.16. The van der Waals surface area contributed by atoms with Crippen molar-refractivity contribution in [1.29, 1.82) is 0 Å². The second-order valence-corrected chi connectivity index (χ2v) is 6.09. The van der Waals surface area contributed by atoms with Gasteiger partial charge in [0.15, 0.2) is 4.96 Å². The van der Waals surface area contributed by atoms with E-state index in [1.807, 2.05) is 19.1 Å². The maximum atomic E-state index is 12.3. The normalized spacial score (nSPS) is 12.3. The molecule has 0 fully saturated rings. The lowest BCUT2D eigenvalue weighted by molar-refractivity contribution is 0.0938. The summed E-state index contributed by atoms with van der Waals surface area (Å²) < 4.78 is 1.37. The maximum Gasteiger partial charge on any atom is 0.271 e. The fraction of sp³-hybridized carbons (Fsp3) is 0.133. The van der Waals surface area contributed by atoms with E-state index < -0.39 is 5.91 Å². The average Bonchev–Trinajstić information content (AvgIpc) is 2.97. The quantitative estimate of drug-likeness (QED) is 0.801. The molecule has 0 saturated carbocycles. The van der Waals surface area contributed by atoms with Crippen molar-refractivity contribution in [2.45, 2.75) is 13.0 Å². The van der Waals surface area contributed by atoms with Gasteiger partial charge in [0.05, 0.1) is 6.04 Å². The van der Waals surface area contributed by atoms with Crippen molar-refractivity contribution in [2.75, 3.05) is 0 Å². The van der Waals surface area contributed by atoms with Gasteiger partial charge in [0.1, 0.15) is 5.56 Å². The molecule has 22 heavy (non-hydrogen) atoms. The lowest BCUT2D eigenvalue weighted by Crippen LogP contribution is -2.32. The van der Waals surface area contributed by atoms with Crippen molar-refractivity contribution < 1.29 is 4.79 Å². The molecule has 1 aromatic carbocycles. The number of nitrogens with zero attached hydrogens (tertiary/aromatic N) is 2. The largest absolute Gasteiger partial charge is 0.345 e. The summed E-state index contributed by atoms with van der Waals surface area (Å²) in [4.78, 5) is 29.2. The molecule has 0 radical (unpaired) electrons. The van der Waals surface area contributed by atoms with Gasteiger partial charge in [-0.25, -0.2) is 4.98 Å². The summed E-state index contributed by atoms with van der Waals surface area (Å²) in [5.74, 6) is -0.444. The van der Waals surface area contributed by atoms with Crippen LogP contribution in [0.1, 0.15) is 28.9 Å². The lowest BCUT2D eigenvalue weighted by atomic mass is 10.1. The molecule has 5 nitrogen and oxygen atoms in total. The van der Waals surface area contributed by atoms with E-state index in [-0.39, 0.29) is 17.2 Å². The molecule has 0 aliphatic carbocycles. The standard InChI is InChI=1S/C15H12ClN3O2S/c1-9(10-2-4-11(16)5-3-10)18-13(20)12-8-17-15-19(14(12)21)6-7-22-15/h2-9H,1H3,(H,18,20)/t9-/m1/s1. The Balaban J connectivity index is 1.85. The number of carbonyl (C=O) groups is 1. The molecule has 2 aromatic heterocycles. The van der Waals surface area contributed by atoms with Crippen LogP contribution in [-0.2, 0) is 0 Å². The van der Waals surface area contributed by atoms with Gasteiger partial charge in [-0.05, 0) is 24.6 Å². The first-order valence-electron chi connectivity index (χ1n) is 6.57. The van der Waals surface area contributed by atoms with Crippen LogP contribution in [0.4, 0.5) is 0 Å². The lowest BCUT2D eigenvalue weighted by Gasteiger charge is -2.14. The van der Waals surface area contributed by atoms with E-state index in [1.165, 1.54) is 21.9 Å². The molecular formula is C15H12ClN3O2S. The molecule has 1 amide bonds. The zero-order chi connectivity index (χ0) is 15.7. The highest BCUT2D eigenvalue weighted by atomic mass is 35.5. The highest BCUT2D eigenvalue weighted by molar-refractivity contribution is 7.15. The highest BCUT2D eigenvalue weighted by Gasteiger charge is 2.16. The number of thiazole rings is 1. The number of aromatic nitrogens is 2. The summed E-state index contributed by atoms with van der Waals surface area (Å²) in [6.45, 7) is 1.84. The molecule has 1 N–H and O–H groups in total. The fourth-order valence-corrected chi connectivity index (χ4v) is 2.89. The minimum Gasteiger partial charge on any atom is -0.345 e. The van der Waals surface area contributed by atoms with Crippen LogP contribution in [0.3, 0.4) is 0 Å². The number of nitrogens with one attached hydrogen (secondary N) is 1. The molecule has 0 bridgehead atoms. The minimum atomic E-state index is -0.444. The van der Waals surface area contributed by atoms with Gasteiger partial charge >= 0.3 is 0 Å². The SMILES string of the molecule is C[C@@H](NC(=O)c1cnc2sccn2c1=O)c1ccc(Cl)cc1. The number of benzene rings is 1. The van der Waals surface area contributed by atoms with Gasteiger partial charge in [-0.15, -0.1) is 11.3 Å². The van der Waals surface area contributed by atoms with Gasteiger partial charge in [-0.1, -0.05) is 23.7 Å². The summed E-state index contributed by atoms with van der Waals surface area (Å²) in [6.07, 6.45) is 2.92. The summed E-state index contributed by atoms with van der Waals surface area (Å²) in [6, 6.07) is 6.94. The predicted molar refractivity (Wildman–Crippen MR) is 86.7 cm³/mol. The molecule has 112 valence electrons. The van der Waals surface area contributed by atoms with E-state index >= 15 is 0 Å². The molecule has 0 aliphatic heterocycles. The Morgan fingerprint density at radius 2 is 2.09 bits per heavy atom. The van der Waals surface area contributed by atoms with Crippen LogP contribution in [0.15, 0.2) is 46.8 Å². The molecule has 0 aliphatic rings. The van der Waals surface area contributed by atoms with Crippen LogP contribution >= 0.6 is 22.9 Å². The Kier molecular flexibility index (Phi) is 3.96. The number of amides is 1. The van der Waals surface area contributed by atoms with Crippen molar-refractivity contribution >= 4 is 33.8 Å². The number of rotatable bonds is 3. The Hall–Kier alpha value is -2.18. The van der Waals surface area contributed by atoms with E-state index in [9.17, 15) is 9.59 Å². The summed E-state index contributed by atoms with van der Waals surface area (Å²) >= 11 is 7.19. The van der Waals surface area contributed by atoms with Crippen molar-refractivity contribution in [2.24, 2.45) is 0 Å². The van der Waals surface area contributed by atoms with Gasteiger partial charge in [0.25, 0.3) is 11.5 Å². The van der Waals surface area contributed by atoms with Gasteiger partial charge < -0.3 is 5.32 Å². The first-order chi connectivity index (χ1) is 10.6. The Morgan fingerprint density at radius 1 is 1.36 bits per heavy atom. The molecule has 7 heteroatoms. The first kappa shape index (κ1) is 14.7. The second kappa shape index (κ2) is 5.90. The van der Waals surface area contributed by atoms with Crippen LogP contribution in [-0.4, -0.2) is 15.3 Å². The van der Waals surface area contributed by atoms with Crippen molar-refractivity contribution in [3.63, 3.8) is 0 Å². The number of carbonyl (C=O) groups excluding carboxylic acids is 1. The monoisotopic (exact) mass is 333 g/mol. The molecule has 0 spiro atoms. The fourth-order valence-electron chi connectivity index (χ4n) is 2.09. The smallest absolute Gasteiger partial charge is 0.271 e. The molecule has 0 saturated heterocycles. The summed E-state index contributed by atoms with van der Waals surface area (Å²) in [5.41, 5.74) is 0.561. The van der Waals surface area contributed by atoms with Gasteiger partial charge in [-0.3, -0.25) is 14.0 Å². The summed E-state index contributed by atoms with van der Waals surface area (Å²) in [7, 11) is 0. The maximum absolute atomic E-state index is 12.3. The Morgan fingerprint density at radius 3 is 2.82 bits per heavy atom. The topological polar surface area (TPSA) is 63.5 Å². The zero-order valence-corrected chi connectivity index (χ0v) is 13.2. The van der Waals surface area contributed by atoms with E-state index in [0.717, 1.165) is 5.56 Å².